The second kappa shape index (κ2) is 2.86. The Balaban J connectivity index is 2.65. The topological polar surface area (TPSA) is 43.4 Å². The zero-order valence-electron chi connectivity index (χ0n) is 6.59. The first-order valence-corrected chi connectivity index (χ1v) is 3.63. The number of carbonyl (C=O) groups is 2. The minimum atomic E-state index is -0.490. The molecule has 1 heterocycles. The van der Waals surface area contributed by atoms with Crippen molar-refractivity contribution in [1.29, 1.82) is 0 Å². The maximum Gasteiger partial charge on any atom is 0.353 e. The molecule has 0 N–H and O–H groups in total. The van der Waals surface area contributed by atoms with Crippen LogP contribution >= 0.6 is 0 Å². The van der Waals surface area contributed by atoms with Gasteiger partial charge in [0.25, 0.3) is 0 Å². The average Bonchev–Trinajstić information content (AvgIpc) is 2.00. The Bertz CT molecular complexity index is 211. The largest absolute Gasteiger partial charge is 0.385 e. The summed E-state index contributed by atoms with van der Waals surface area (Å²) >= 11 is 0. The normalized spacial score (nSPS) is 18.9. The Morgan fingerprint density at radius 1 is 1.45 bits per heavy atom. The van der Waals surface area contributed by atoms with E-state index in [9.17, 15) is 9.59 Å². The van der Waals surface area contributed by atoms with Crippen molar-refractivity contribution in [1.82, 2.24) is 0 Å². The lowest BCUT2D eigenvalue weighted by Gasteiger charge is -2.14. The number of allylic oxidation sites excluding steroid dienone is 1. The van der Waals surface area contributed by atoms with Gasteiger partial charge in [-0.25, -0.2) is 9.59 Å². The molecule has 1 aliphatic heterocycles. The molecule has 1 atom stereocenters. The predicted octanol–water partition coefficient (Wildman–Crippen LogP) is 1.04. The number of hydrogen-bond donors (Lipinski definition) is 0. The van der Waals surface area contributed by atoms with E-state index in [4.69, 9.17) is 0 Å². The fraction of sp³-hybridized carbons (Fsp3) is 0.500. The predicted molar refractivity (Wildman–Crippen MR) is 38.6 cm³/mol. The van der Waals surface area contributed by atoms with E-state index in [-0.39, 0.29) is 11.5 Å². The van der Waals surface area contributed by atoms with E-state index in [0.29, 0.717) is 0 Å². The van der Waals surface area contributed by atoms with Crippen molar-refractivity contribution in [3.8, 4) is 0 Å². The van der Waals surface area contributed by atoms with Gasteiger partial charge in [-0.15, -0.1) is 0 Å². The Labute approximate surface area is 65.0 Å². The van der Waals surface area contributed by atoms with Gasteiger partial charge in [-0.1, -0.05) is 26.3 Å². The molecule has 1 unspecified atom stereocenters. The number of carbonyl (C=O) groups excluding carboxylic acids is 2. The van der Waals surface area contributed by atoms with Crippen molar-refractivity contribution in [3.63, 3.8) is 0 Å². The number of cyclic esters (lactones) is 2. The summed E-state index contributed by atoms with van der Waals surface area (Å²) in [5, 5.41) is 0. The van der Waals surface area contributed by atoms with E-state index >= 15 is 0 Å². The number of ether oxygens (including phenoxy) is 1. The minimum Gasteiger partial charge on any atom is -0.385 e. The SMILES string of the molecule is CCC(C)C=C1C(=O)OC1=O. The summed E-state index contributed by atoms with van der Waals surface area (Å²) in [6, 6.07) is 0. The molecule has 0 aliphatic carbocycles. The summed E-state index contributed by atoms with van der Waals surface area (Å²) in [7, 11) is 0. The average molecular weight is 154 g/mol. The molecular weight excluding hydrogens is 144 g/mol. The van der Waals surface area contributed by atoms with E-state index in [0.717, 1.165) is 6.42 Å². The molecule has 1 rings (SSSR count). The molecule has 0 aromatic carbocycles. The highest BCUT2D eigenvalue weighted by molar-refractivity contribution is 6.26. The van der Waals surface area contributed by atoms with Crippen molar-refractivity contribution >= 4 is 11.9 Å². The third kappa shape index (κ3) is 1.48. The van der Waals surface area contributed by atoms with E-state index in [1.165, 1.54) is 0 Å². The van der Waals surface area contributed by atoms with Crippen molar-refractivity contribution in [2.45, 2.75) is 20.3 Å². The lowest BCUT2D eigenvalue weighted by molar-refractivity contribution is -0.165. The van der Waals surface area contributed by atoms with Crippen LogP contribution in [0.15, 0.2) is 11.6 Å². The van der Waals surface area contributed by atoms with Crippen LogP contribution in [0.25, 0.3) is 0 Å². The maximum absolute atomic E-state index is 10.6. The van der Waals surface area contributed by atoms with Crippen molar-refractivity contribution < 1.29 is 14.3 Å². The first-order chi connectivity index (χ1) is 5.15. The van der Waals surface area contributed by atoms with Crippen LogP contribution in [0.3, 0.4) is 0 Å². The van der Waals surface area contributed by atoms with Gasteiger partial charge < -0.3 is 4.74 Å². The second-order valence-electron chi connectivity index (χ2n) is 2.64. The van der Waals surface area contributed by atoms with Gasteiger partial charge in [-0.05, 0) is 5.92 Å². The van der Waals surface area contributed by atoms with Crippen LogP contribution in [0.2, 0.25) is 0 Å². The monoisotopic (exact) mass is 154 g/mol. The standard InChI is InChI=1S/C8H10O3/c1-3-5(2)4-6-7(9)11-8(6)10/h4-5H,3H2,1-2H3. The lowest BCUT2D eigenvalue weighted by Crippen LogP contribution is -2.31. The number of rotatable bonds is 2. The van der Waals surface area contributed by atoms with Gasteiger partial charge in [0.2, 0.25) is 0 Å². The smallest absolute Gasteiger partial charge is 0.353 e. The van der Waals surface area contributed by atoms with Gasteiger partial charge in [0.15, 0.2) is 0 Å². The first kappa shape index (κ1) is 7.98. The maximum atomic E-state index is 10.6. The van der Waals surface area contributed by atoms with Crippen LogP contribution in [-0.4, -0.2) is 11.9 Å². The number of hydrogen-bond acceptors (Lipinski definition) is 3. The molecular formula is C8H10O3. The fourth-order valence-corrected chi connectivity index (χ4v) is 0.770. The molecule has 0 aromatic rings. The number of esters is 2. The molecule has 11 heavy (non-hydrogen) atoms. The highest BCUT2D eigenvalue weighted by atomic mass is 16.6. The summed E-state index contributed by atoms with van der Waals surface area (Å²) in [6.07, 6.45) is 2.58. The van der Waals surface area contributed by atoms with E-state index in [2.05, 4.69) is 4.74 Å². The molecule has 60 valence electrons. The molecule has 0 aromatic heterocycles. The second-order valence-corrected chi connectivity index (χ2v) is 2.64. The fourth-order valence-electron chi connectivity index (χ4n) is 0.770. The van der Waals surface area contributed by atoms with Gasteiger partial charge >= 0.3 is 11.9 Å². The van der Waals surface area contributed by atoms with Crippen LogP contribution in [0.1, 0.15) is 20.3 Å². The summed E-state index contributed by atoms with van der Waals surface area (Å²) in [5.74, 6) is -0.715. The summed E-state index contributed by atoms with van der Waals surface area (Å²) in [6.45, 7) is 3.95. The molecule has 1 saturated heterocycles. The van der Waals surface area contributed by atoms with Crippen LogP contribution in [0.4, 0.5) is 0 Å². The summed E-state index contributed by atoms with van der Waals surface area (Å²) in [5.41, 5.74) is 0.208. The van der Waals surface area contributed by atoms with Gasteiger partial charge in [0.1, 0.15) is 5.57 Å². The Morgan fingerprint density at radius 3 is 2.36 bits per heavy atom. The summed E-state index contributed by atoms with van der Waals surface area (Å²) < 4.78 is 4.15. The Kier molecular flexibility index (Phi) is 2.08. The molecule has 0 saturated carbocycles. The first-order valence-electron chi connectivity index (χ1n) is 3.63. The van der Waals surface area contributed by atoms with E-state index in [1.807, 2.05) is 13.8 Å². The highest BCUT2D eigenvalue weighted by Crippen LogP contribution is 2.17. The lowest BCUT2D eigenvalue weighted by atomic mass is 10.0. The van der Waals surface area contributed by atoms with E-state index in [1.54, 1.807) is 6.08 Å². The molecule has 0 bridgehead atoms. The molecule has 0 amide bonds. The van der Waals surface area contributed by atoms with Crippen LogP contribution < -0.4 is 0 Å². The minimum absolute atomic E-state index is 0.208. The molecule has 1 aliphatic rings. The van der Waals surface area contributed by atoms with Crippen LogP contribution in [0, 0.1) is 5.92 Å². The molecule has 3 nitrogen and oxygen atoms in total. The Morgan fingerprint density at radius 2 is 2.00 bits per heavy atom. The molecule has 3 heteroatoms. The third-order valence-electron chi connectivity index (χ3n) is 1.72. The highest BCUT2D eigenvalue weighted by Gasteiger charge is 2.34. The van der Waals surface area contributed by atoms with Crippen molar-refractivity contribution in [2.24, 2.45) is 5.92 Å². The zero-order valence-corrected chi connectivity index (χ0v) is 6.59. The van der Waals surface area contributed by atoms with Crippen molar-refractivity contribution in [2.75, 3.05) is 0 Å². The Hall–Kier alpha value is -1.12. The van der Waals surface area contributed by atoms with Gasteiger partial charge in [0, 0.05) is 0 Å². The van der Waals surface area contributed by atoms with Gasteiger partial charge in [-0.2, -0.15) is 0 Å². The van der Waals surface area contributed by atoms with Gasteiger partial charge in [-0.3, -0.25) is 0 Å². The van der Waals surface area contributed by atoms with Gasteiger partial charge in [0.05, 0.1) is 0 Å². The zero-order chi connectivity index (χ0) is 8.43. The van der Waals surface area contributed by atoms with Crippen LogP contribution in [0.5, 0.6) is 0 Å². The quantitative estimate of drug-likeness (QED) is 0.258. The summed E-state index contributed by atoms with van der Waals surface area (Å²) in [4.78, 5) is 21.2. The third-order valence-corrected chi connectivity index (χ3v) is 1.72. The van der Waals surface area contributed by atoms with Crippen molar-refractivity contribution in [3.05, 3.63) is 11.6 Å². The van der Waals surface area contributed by atoms with E-state index < -0.39 is 11.9 Å². The molecule has 0 spiro atoms. The molecule has 0 radical (unpaired) electrons. The molecule has 1 fully saturated rings. The van der Waals surface area contributed by atoms with Crippen LogP contribution in [-0.2, 0) is 14.3 Å².